The van der Waals surface area contributed by atoms with Crippen LogP contribution in [0.5, 0.6) is 0 Å². The van der Waals surface area contributed by atoms with Crippen LogP contribution in [0, 0.1) is 0 Å². The van der Waals surface area contributed by atoms with Crippen LogP contribution in [0.2, 0.25) is 0 Å². The second-order valence-electron chi connectivity index (χ2n) is 2.87. The van der Waals surface area contributed by atoms with Crippen molar-refractivity contribution in [1.29, 1.82) is 0 Å². The number of rotatable bonds is 5. The Morgan fingerprint density at radius 2 is 2.46 bits per heavy atom. The fourth-order valence-electron chi connectivity index (χ4n) is 1.22. The summed E-state index contributed by atoms with van der Waals surface area (Å²) in [6, 6.07) is 0. The lowest BCUT2D eigenvalue weighted by Crippen LogP contribution is -2.26. The number of hydrogen-bond acceptors (Lipinski definition) is 3. The molecule has 0 unspecified atom stereocenters. The van der Waals surface area contributed by atoms with E-state index in [1.54, 1.807) is 6.08 Å². The number of isothiocyanates is 1. The molecule has 0 spiro atoms. The molecule has 0 aromatic rings. The van der Waals surface area contributed by atoms with E-state index in [1.165, 1.54) is 0 Å². The fourth-order valence-corrected chi connectivity index (χ4v) is 1.31. The summed E-state index contributed by atoms with van der Waals surface area (Å²) in [7, 11) is 0. The molecule has 4 heteroatoms. The maximum atomic E-state index is 11.1. The van der Waals surface area contributed by atoms with Gasteiger partial charge in [0, 0.05) is 25.7 Å². The Morgan fingerprint density at radius 1 is 1.62 bits per heavy atom. The van der Waals surface area contributed by atoms with Gasteiger partial charge in [0.2, 0.25) is 5.91 Å². The zero-order valence-corrected chi connectivity index (χ0v) is 8.22. The minimum absolute atomic E-state index is 0.123. The van der Waals surface area contributed by atoms with Crippen LogP contribution in [0.3, 0.4) is 0 Å². The molecule has 1 aliphatic rings. The topological polar surface area (TPSA) is 32.7 Å². The van der Waals surface area contributed by atoms with Gasteiger partial charge in [-0.3, -0.25) is 4.79 Å². The molecule has 70 valence electrons. The van der Waals surface area contributed by atoms with E-state index in [0.29, 0.717) is 0 Å². The van der Waals surface area contributed by atoms with Crippen LogP contribution in [-0.2, 0) is 4.79 Å². The molecule has 0 aromatic carbocycles. The molecular formula is C9H12N2OS. The van der Waals surface area contributed by atoms with Crippen LogP contribution in [-0.4, -0.2) is 35.6 Å². The summed E-state index contributed by atoms with van der Waals surface area (Å²) in [6.45, 7) is 2.30. The highest BCUT2D eigenvalue weighted by molar-refractivity contribution is 7.78. The van der Waals surface area contributed by atoms with Gasteiger partial charge in [-0.25, -0.2) is 4.99 Å². The molecular weight excluding hydrogens is 184 g/mol. The predicted molar refractivity (Wildman–Crippen MR) is 54.8 cm³/mol. The molecule has 0 bridgehead atoms. The molecule has 0 atom stereocenters. The van der Waals surface area contributed by atoms with Crippen molar-refractivity contribution in [3.63, 3.8) is 0 Å². The van der Waals surface area contributed by atoms with Gasteiger partial charge < -0.3 is 4.90 Å². The highest BCUT2D eigenvalue weighted by Gasteiger charge is 2.12. The number of thiocarbonyl (C=S) groups is 1. The number of nitrogens with zero attached hydrogens (tertiary/aromatic N) is 2. The molecule has 1 amide bonds. The summed E-state index contributed by atoms with van der Waals surface area (Å²) >= 11 is 4.44. The second-order valence-corrected chi connectivity index (χ2v) is 3.05. The first-order chi connectivity index (χ1) is 6.34. The van der Waals surface area contributed by atoms with Crippen LogP contribution < -0.4 is 0 Å². The van der Waals surface area contributed by atoms with E-state index in [4.69, 9.17) is 0 Å². The van der Waals surface area contributed by atoms with Gasteiger partial charge in [-0.15, -0.1) is 0 Å². The highest BCUT2D eigenvalue weighted by atomic mass is 32.1. The Labute approximate surface area is 83.1 Å². The molecule has 1 rings (SSSR count). The molecule has 0 saturated carbocycles. The van der Waals surface area contributed by atoms with E-state index >= 15 is 0 Å². The Bertz CT molecular complexity index is 256. The zero-order valence-electron chi connectivity index (χ0n) is 7.40. The van der Waals surface area contributed by atoms with Crippen molar-refractivity contribution < 1.29 is 4.79 Å². The van der Waals surface area contributed by atoms with E-state index in [1.807, 2.05) is 11.0 Å². The van der Waals surface area contributed by atoms with Crippen molar-refractivity contribution >= 4 is 23.3 Å². The lowest BCUT2D eigenvalue weighted by Gasteiger charge is -2.14. The van der Waals surface area contributed by atoms with Crippen molar-refractivity contribution in [2.24, 2.45) is 4.99 Å². The SMILES string of the molecule is O=C1C=CCN1CCCCN=C=S. The van der Waals surface area contributed by atoms with E-state index in [9.17, 15) is 4.79 Å². The minimum Gasteiger partial charge on any atom is -0.335 e. The molecule has 3 nitrogen and oxygen atoms in total. The summed E-state index contributed by atoms with van der Waals surface area (Å²) in [5.41, 5.74) is 0. The largest absolute Gasteiger partial charge is 0.335 e. The van der Waals surface area contributed by atoms with E-state index in [2.05, 4.69) is 22.4 Å². The molecule has 13 heavy (non-hydrogen) atoms. The van der Waals surface area contributed by atoms with E-state index in [0.717, 1.165) is 32.5 Å². The third kappa shape index (κ3) is 3.49. The normalized spacial score (nSPS) is 14.8. The van der Waals surface area contributed by atoms with Gasteiger partial charge in [-0.2, -0.15) is 0 Å². The highest BCUT2D eigenvalue weighted by Crippen LogP contribution is 2.03. The van der Waals surface area contributed by atoms with E-state index < -0.39 is 0 Å². The average Bonchev–Trinajstić information content (AvgIpc) is 2.52. The first-order valence-electron chi connectivity index (χ1n) is 4.33. The minimum atomic E-state index is 0.123. The summed E-state index contributed by atoms with van der Waals surface area (Å²) < 4.78 is 0. The maximum absolute atomic E-state index is 11.1. The molecule has 0 aliphatic carbocycles. The number of hydrogen-bond donors (Lipinski definition) is 0. The monoisotopic (exact) mass is 196 g/mol. The smallest absolute Gasteiger partial charge is 0.246 e. The van der Waals surface area contributed by atoms with Gasteiger partial charge in [0.05, 0.1) is 5.16 Å². The van der Waals surface area contributed by atoms with Crippen molar-refractivity contribution in [1.82, 2.24) is 4.90 Å². The number of carbonyl (C=O) groups excluding carboxylic acids is 1. The predicted octanol–water partition coefficient (Wildman–Crippen LogP) is 1.27. The van der Waals surface area contributed by atoms with Crippen molar-refractivity contribution in [2.45, 2.75) is 12.8 Å². The number of aliphatic imine (C=N–C) groups is 1. The van der Waals surface area contributed by atoms with E-state index in [-0.39, 0.29) is 5.91 Å². The van der Waals surface area contributed by atoms with Crippen LogP contribution in [0.4, 0.5) is 0 Å². The Morgan fingerprint density at radius 3 is 3.08 bits per heavy atom. The van der Waals surface area contributed by atoms with Gasteiger partial charge >= 0.3 is 0 Å². The van der Waals surface area contributed by atoms with Crippen LogP contribution >= 0.6 is 12.2 Å². The van der Waals surface area contributed by atoms with Crippen molar-refractivity contribution in [2.75, 3.05) is 19.6 Å². The zero-order chi connectivity index (χ0) is 9.52. The second kappa shape index (κ2) is 5.62. The summed E-state index contributed by atoms with van der Waals surface area (Å²) in [6.07, 6.45) is 5.45. The van der Waals surface area contributed by atoms with Gasteiger partial charge in [-0.1, -0.05) is 6.08 Å². The molecule has 1 heterocycles. The van der Waals surface area contributed by atoms with Gasteiger partial charge in [-0.05, 0) is 25.1 Å². The van der Waals surface area contributed by atoms with Gasteiger partial charge in [0.1, 0.15) is 0 Å². The van der Waals surface area contributed by atoms with Crippen LogP contribution in [0.1, 0.15) is 12.8 Å². The molecule has 0 radical (unpaired) electrons. The molecule has 0 fully saturated rings. The Kier molecular flexibility index (Phi) is 4.36. The Balaban J connectivity index is 2.06. The average molecular weight is 196 g/mol. The quantitative estimate of drug-likeness (QED) is 0.377. The molecule has 0 aromatic heterocycles. The lowest BCUT2D eigenvalue weighted by molar-refractivity contribution is -0.124. The number of amides is 1. The fraction of sp³-hybridized carbons (Fsp3) is 0.556. The summed E-state index contributed by atoms with van der Waals surface area (Å²) in [5.74, 6) is 0.123. The number of unbranched alkanes of at least 4 members (excludes halogenated alkanes) is 1. The first kappa shape index (κ1) is 10.1. The van der Waals surface area contributed by atoms with Gasteiger partial charge in [0.25, 0.3) is 0 Å². The standard InChI is InChI=1S/C9H12N2OS/c12-9-4-3-7-11(9)6-2-1-5-10-8-13/h3-4H,1-2,5-7H2. The summed E-state index contributed by atoms with van der Waals surface area (Å²) in [5, 5.41) is 2.32. The van der Waals surface area contributed by atoms with Gasteiger partial charge in [0.15, 0.2) is 0 Å². The maximum Gasteiger partial charge on any atom is 0.246 e. The molecule has 1 aliphatic heterocycles. The third-order valence-corrected chi connectivity index (χ3v) is 2.04. The van der Waals surface area contributed by atoms with Crippen LogP contribution in [0.25, 0.3) is 0 Å². The number of carbonyl (C=O) groups is 1. The van der Waals surface area contributed by atoms with Crippen LogP contribution in [0.15, 0.2) is 17.1 Å². The lowest BCUT2D eigenvalue weighted by atomic mass is 10.3. The molecule has 0 saturated heterocycles. The third-order valence-electron chi connectivity index (χ3n) is 1.91. The summed E-state index contributed by atoms with van der Waals surface area (Å²) in [4.78, 5) is 16.7. The Hall–Kier alpha value is -0.990. The first-order valence-corrected chi connectivity index (χ1v) is 4.74. The van der Waals surface area contributed by atoms with Crippen molar-refractivity contribution in [3.05, 3.63) is 12.2 Å². The molecule has 0 N–H and O–H groups in total. The van der Waals surface area contributed by atoms with Crippen molar-refractivity contribution in [3.8, 4) is 0 Å².